The zero-order valence-corrected chi connectivity index (χ0v) is 15.4. The van der Waals surface area contributed by atoms with Crippen LogP contribution < -0.4 is 19.5 Å². The summed E-state index contributed by atoms with van der Waals surface area (Å²) in [7, 11) is 0. The lowest BCUT2D eigenvalue weighted by Crippen LogP contribution is -2.30. The summed E-state index contributed by atoms with van der Waals surface area (Å²) in [6.45, 7) is -2.14. The lowest BCUT2D eigenvalue weighted by Gasteiger charge is -2.18. The second-order valence-electron chi connectivity index (χ2n) is 6.06. The molecule has 0 aromatic heterocycles. The Bertz CT molecular complexity index is 857. The highest BCUT2D eigenvalue weighted by molar-refractivity contribution is 5.92. The van der Waals surface area contributed by atoms with E-state index in [0.717, 1.165) is 5.56 Å². The van der Waals surface area contributed by atoms with E-state index in [0.29, 0.717) is 37.7 Å². The first kappa shape index (κ1) is 20.4. The number of carbonyl (C=O) groups is 2. The Kier molecular flexibility index (Phi) is 6.83. The van der Waals surface area contributed by atoms with Crippen LogP contribution in [0.4, 0.5) is 8.78 Å². The van der Waals surface area contributed by atoms with E-state index in [4.69, 9.17) is 14.2 Å². The number of ether oxygens (including phenoxy) is 4. The fourth-order valence-electron chi connectivity index (χ4n) is 2.62. The van der Waals surface area contributed by atoms with Crippen molar-refractivity contribution >= 4 is 11.9 Å². The lowest BCUT2D eigenvalue weighted by molar-refractivity contribution is -0.124. The number of halogens is 2. The van der Waals surface area contributed by atoms with Gasteiger partial charge in [0.2, 0.25) is 0 Å². The summed E-state index contributed by atoms with van der Waals surface area (Å²) in [4.78, 5) is 23.9. The number of rotatable bonds is 8. The van der Waals surface area contributed by atoms with Crippen LogP contribution in [0.25, 0.3) is 0 Å². The molecule has 3 rings (SSSR count). The summed E-state index contributed by atoms with van der Waals surface area (Å²) in [5.74, 6) is -0.0152. The van der Waals surface area contributed by atoms with Crippen molar-refractivity contribution in [1.29, 1.82) is 0 Å². The van der Waals surface area contributed by atoms with Crippen molar-refractivity contribution in [2.75, 3.05) is 26.4 Å². The first-order valence-corrected chi connectivity index (χ1v) is 8.88. The standard InChI is InChI=1S/C20H19F2NO6/c21-20(22)29-15-4-1-13(2-5-15)7-8-23-18(24)12-28-19(25)14-3-6-16-17(11-14)27-10-9-26-16/h1-6,11,20H,7-10,12H2,(H,23,24). The predicted octanol–water partition coefficient (Wildman–Crippen LogP) is 2.57. The molecule has 7 nitrogen and oxygen atoms in total. The van der Waals surface area contributed by atoms with Gasteiger partial charge in [-0.1, -0.05) is 12.1 Å². The van der Waals surface area contributed by atoms with Crippen LogP contribution in [0.3, 0.4) is 0 Å². The largest absolute Gasteiger partial charge is 0.486 e. The molecule has 0 fully saturated rings. The highest BCUT2D eigenvalue weighted by atomic mass is 19.3. The van der Waals surface area contributed by atoms with Gasteiger partial charge in [-0.2, -0.15) is 8.78 Å². The van der Waals surface area contributed by atoms with Crippen molar-refractivity contribution in [3.05, 3.63) is 53.6 Å². The number of nitrogens with one attached hydrogen (secondary N) is 1. The van der Waals surface area contributed by atoms with Gasteiger partial charge >= 0.3 is 12.6 Å². The van der Waals surface area contributed by atoms with Gasteiger partial charge in [0.05, 0.1) is 5.56 Å². The maximum absolute atomic E-state index is 12.1. The molecule has 0 saturated carbocycles. The van der Waals surface area contributed by atoms with Crippen LogP contribution in [0.2, 0.25) is 0 Å². The average molecular weight is 407 g/mol. The third-order valence-corrected chi connectivity index (χ3v) is 4.00. The molecule has 1 heterocycles. The molecule has 154 valence electrons. The molecule has 2 aromatic rings. The Morgan fingerprint density at radius 3 is 2.48 bits per heavy atom. The Morgan fingerprint density at radius 1 is 1.03 bits per heavy atom. The first-order chi connectivity index (χ1) is 14.0. The maximum Gasteiger partial charge on any atom is 0.387 e. The summed E-state index contributed by atoms with van der Waals surface area (Å²) in [6.07, 6.45) is 0.483. The van der Waals surface area contributed by atoms with Crippen molar-refractivity contribution in [2.24, 2.45) is 0 Å². The van der Waals surface area contributed by atoms with Gasteiger partial charge in [0.15, 0.2) is 18.1 Å². The monoisotopic (exact) mass is 407 g/mol. The Labute approximate surface area is 165 Å². The topological polar surface area (TPSA) is 83.1 Å². The molecule has 1 amide bonds. The fraction of sp³-hybridized carbons (Fsp3) is 0.300. The number of hydrogen-bond donors (Lipinski definition) is 1. The Balaban J connectivity index is 1.39. The van der Waals surface area contributed by atoms with Crippen molar-refractivity contribution in [2.45, 2.75) is 13.0 Å². The number of carbonyl (C=O) groups excluding carboxylic acids is 2. The number of fused-ring (bicyclic) bond motifs is 1. The van der Waals surface area contributed by atoms with Gasteiger partial charge in [-0.25, -0.2) is 4.79 Å². The van der Waals surface area contributed by atoms with Crippen molar-refractivity contribution in [1.82, 2.24) is 5.32 Å². The molecule has 0 unspecified atom stereocenters. The Morgan fingerprint density at radius 2 is 1.76 bits per heavy atom. The van der Waals surface area contributed by atoms with Gasteiger partial charge in [-0.3, -0.25) is 4.79 Å². The van der Waals surface area contributed by atoms with E-state index in [1.165, 1.54) is 24.3 Å². The number of alkyl halides is 2. The number of hydrogen-bond acceptors (Lipinski definition) is 6. The summed E-state index contributed by atoms with van der Waals surface area (Å²) >= 11 is 0. The molecular formula is C20H19F2NO6. The van der Waals surface area contributed by atoms with Crippen LogP contribution >= 0.6 is 0 Å². The van der Waals surface area contributed by atoms with Crippen molar-refractivity contribution in [3.8, 4) is 17.2 Å². The molecule has 0 saturated heterocycles. The van der Waals surface area contributed by atoms with E-state index in [1.807, 2.05) is 0 Å². The van der Waals surface area contributed by atoms with Gasteiger partial charge in [0.1, 0.15) is 19.0 Å². The predicted molar refractivity (Wildman–Crippen MR) is 97.5 cm³/mol. The summed E-state index contributed by atoms with van der Waals surface area (Å²) in [5, 5.41) is 2.62. The lowest BCUT2D eigenvalue weighted by atomic mass is 10.1. The first-order valence-electron chi connectivity index (χ1n) is 8.88. The summed E-state index contributed by atoms with van der Waals surface area (Å²) in [5.41, 5.74) is 1.09. The molecule has 9 heteroatoms. The number of benzene rings is 2. The molecule has 1 aliphatic heterocycles. The van der Waals surface area contributed by atoms with E-state index in [1.54, 1.807) is 18.2 Å². The molecule has 0 atom stereocenters. The number of amides is 1. The maximum atomic E-state index is 12.1. The average Bonchev–Trinajstić information content (AvgIpc) is 2.72. The van der Waals surface area contributed by atoms with E-state index in [2.05, 4.69) is 10.1 Å². The molecule has 0 bridgehead atoms. The molecule has 2 aromatic carbocycles. The highest BCUT2D eigenvalue weighted by Gasteiger charge is 2.16. The summed E-state index contributed by atoms with van der Waals surface area (Å²) < 4.78 is 44.3. The van der Waals surface area contributed by atoms with Crippen molar-refractivity contribution < 1.29 is 37.3 Å². The normalized spacial score (nSPS) is 12.4. The second kappa shape index (κ2) is 9.72. The minimum atomic E-state index is -2.87. The van der Waals surface area contributed by atoms with E-state index in [9.17, 15) is 18.4 Å². The zero-order valence-electron chi connectivity index (χ0n) is 15.4. The van der Waals surface area contributed by atoms with Crippen LogP contribution in [0.15, 0.2) is 42.5 Å². The molecule has 1 N–H and O–H groups in total. The van der Waals surface area contributed by atoms with Gasteiger partial charge in [-0.15, -0.1) is 0 Å². The third-order valence-electron chi connectivity index (χ3n) is 4.00. The van der Waals surface area contributed by atoms with Crippen LogP contribution in [0.5, 0.6) is 17.2 Å². The molecule has 29 heavy (non-hydrogen) atoms. The molecular weight excluding hydrogens is 388 g/mol. The SMILES string of the molecule is O=C(COC(=O)c1ccc2c(c1)OCCO2)NCCc1ccc(OC(F)F)cc1. The Hall–Kier alpha value is -3.36. The molecule has 0 aliphatic carbocycles. The van der Waals surface area contributed by atoms with Crippen molar-refractivity contribution in [3.63, 3.8) is 0 Å². The quantitative estimate of drug-likeness (QED) is 0.678. The van der Waals surface area contributed by atoms with Crippen LogP contribution in [-0.4, -0.2) is 44.9 Å². The third kappa shape index (κ3) is 6.06. The second-order valence-corrected chi connectivity index (χ2v) is 6.06. The number of esters is 1. The fourth-order valence-corrected chi connectivity index (χ4v) is 2.62. The smallest absolute Gasteiger partial charge is 0.387 e. The summed E-state index contributed by atoms with van der Waals surface area (Å²) in [6, 6.07) is 10.8. The van der Waals surface area contributed by atoms with Gasteiger partial charge in [0.25, 0.3) is 5.91 Å². The minimum Gasteiger partial charge on any atom is -0.486 e. The van der Waals surface area contributed by atoms with Gasteiger partial charge in [0, 0.05) is 6.54 Å². The van der Waals surface area contributed by atoms with E-state index >= 15 is 0 Å². The van der Waals surface area contributed by atoms with E-state index in [-0.39, 0.29) is 11.3 Å². The van der Waals surface area contributed by atoms with Gasteiger partial charge in [-0.05, 0) is 42.3 Å². The van der Waals surface area contributed by atoms with E-state index < -0.39 is 25.1 Å². The zero-order chi connectivity index (χ0) is 20.6. The minimum absolute atomic E-state index is 0.0684. The van der Waals surface area contributed by atoms with Crippen LogP contribution in [0.1, 0.15) is 15.9 Å². The molecule has 1 aliphatic rings. The van der Waals surface area contributed by atoms with Crippen LogP contribution in [0, 0.1) is 0 Å². The highest BCUT2D eigenvalue weighted by Crippen LogP contribution is 2.30. The molecule has 0 radical (unpaired) electrons. The molecule has 0 spiro atoms. The van der Waals surface area contributed by atoms with Crippen LogP contribution in [-0.2, 0) is 16.0 Å². The van der Waals surface area contributed by atoms with Gasteiger partial charge < -0.3 is 24.3 Å².